The van der Waals surface area contributed by atoms with Crippen LogP contribution in [-0.2, 0) is 0 Å². The summed E-state index contributed by atoms with van der Waals surface area (Å²) in [5.74, 6) is 2.70. The predicted molar refractivity (Wildman–Crippen MR) is 105 cm³/mol. The van der Waals surface area contributed by atoms with Gasteiger partial charge >= 0.3 is 0 Å². The zero-order valence-corrected chi connectivity index (χ0v) is 15.3. The Hall–Kier alpha value is -1.32. The number of hydrogen-bond donors (Lipinski definition) is 0. The molecule has 0 aliphatic heterocycles. The van der Waals surface area contributed by atoms with E-state index in [-0.39, 0.29) is 11.7 Å². The van der Waals surface area contributed by atoms with Crippen LogP contribution in [0.2, 0.25) is 0 Å². The summed E-state index contributed by atoms with van der Waals surface area (Å²) in [6.07, 6.45) is 2.10. The molecule has 0 saturated heterocycles. The van der Waals surface area contributed by atoms with E-state index in [1.807, 2.05) is 17.8 Å². The molecule has 0 amide bonds. The van der Waals surface area contributed by atoms with E-state index in [1.54, 1.807) is 11.3 Å². The van der Waals surface area contributed by atoms with Crippen molar-refractivity contribution in [1.29, 1.82) is 0 Å². The minimum Gasteiger partial charge on any atom is -0.294 e. The highest BCUT2D eigenvalue weighted by Gasteiger charge is 2.16. The second-order valence-corrected chi connectivity index (χ2v) is 8.39. The van der Waals surface area contributed by atoms with Crippen LogP contribution in [0.4, 0.5) is 0 Å². The van der Waals surface area contributed by atoms with Crippen molar-refractivity contribution < 1.29 is 4.79 Å². The first-order valence-electron chi connectivity index (χ1n) is 8.24. The monoisotopic (exact) mass is 342 g/mol. The number of thioether (sulfide) groups is 1. The lowest BCUT2D eigenvalue weighted by Gasteiger charge is -2.10. The molecule has 0 bridgehead atoms. The van der Waals surface area contributed by atoms with Gasteiger partial charge in [-0.1, -0.05) is 32.0 Å². The van der Waals surface area contributed by atoms with Crippen molar-refractivity contribution in [3.63, 3.8) is 0 Å². The van der Waals surface area contributed by atoms with E-state index >= 15 is 0 Å². The molecule has 1 nitrogen and oxygen atoms in total. The topological polar surface area (TPSA) is 17.1 Å². The van der Waals surface area contributed by atoms with Gasteiger partial charge in [-0.3, -0.25) is 4.79 Å². The van der Waals surface area contributed by atoms with Crippen molar-refractivity contribution in [2.24, 2.45) is 5.92 Å². The molecule has 0 aliphatic rings. The molecule has 0 fully saturated rings. The molecule has 0 radical (unpaired) electrons. The summed E-state index contributed by atoms with van der Waals surface area (Å²) in [4.78, 5) is 12.7. The largest absolute Gasteiger partial charge is 0.294 e. The van der Waals surface area contributed by atoms with Gasteiger partial charge in [-0.2, -0.15) is 11.8 Å². The Balaban J connectivity index is 1.82. The average Bonchev–Trinajstić information content (AvgIpc) is 2.95. The second-order valence-electron chi connectivity index (χ2n) is 5.91. The molecule has 3 rings (SSSR count). The van der Waals surface area contributed by atoms with E-state index in [2.05, 4.69) is 50.2 Å². The number of benzene rings is 2. The summed E-state index contributed by atoms with van der Waals surface area (Å²) in [7, 11) is 0. The Labute approximate surface area is 146 Å². The lowest BCUT2D eigenvalue weighted by molar-refractivity contribution is 0.0924. The third-order valence-corrected chi connectivity index (χ3v) is 6.38. The van der Waals surface area contributed by atoms with E-state index < -0.39 is 0 Å². The van der Waals surface area contributed by atoms with Gasteiger partial charge in [-0.05, 0) is 48.6 Å². The van der Waals surface area contributed by atoms with Gasteiger partial charge in [0.2, 0.25) is 0 Å². The van der Waals surface area contributed by atoms with Crippen LogP contribution in [0.15, 0.2) is 42.5 Å². The van der Waals surface area contributed by atoms with E-state index in [0.717, 1.165) is 29.9 Å². The molecule has 0 N–H and O–H groups in total. The highest BCUT2D eigenvalue weighted by molar-refractivity contribution is 7.99. The normalized spacial score (nSPS) is 12.8. The summed E-state index contributed by atoms with van der Waals surface area (Å²) in [5.41, 5.74) is 0.858. The summed E-state index contributed by atoms with van der Waals surface area (Å²) in [5, 5.41) is 2.47. The summed E-state index contributed by atoms with van der Waals surface area (Å²) in [6, 6.07) is 14.6. The third kappa shape index (κ3) is 3.61. The maximum Gasteiger partial charge on any atom is 0.165 e. The molecule has 120 valence electrons. The molecule has 1 aromatic heterocycles. The van der Waals surface area contributed by atoms with Crippen LogP contribution in [0.5, 0.6) is 0 Å². The number of hydrogen-bond acceptors (Lipinski definition) is 3. The maximum absolute atomic E-state index is 12.7. The van der Waals surface area contributed by atoms with E-state index in [1.165, 1.54) is 20.2 Å². The first-order valence-corrected chi connectivity index (χ1v) is 10.2. The van der Waals surface area contributed by atoms with Gasteiger partial charge in [-0.25, -0.2) is 0 Å². The molecule has 23 heavy (non-hydrogen) atoms. The first-order chi connectivity index (χ1) is 11.2. The fourth-order valence-corrected chi connectivity index (χ4v) is 4.68. The van der Waals surface area contributed by atoms with Gasteiger partial charge in [0.15, 0.2) is 5.78 Å². The molecular formula is C20H22OS2. The number of carbonyl (C=O) groups is 1. The Morgan fingerprint density at radius 2 is 1.91 bits per heavy atom. The number of carbonyl (C=O) groups excluding carboxylic acids is 1. The Bertz CT molecular complexity index is 819. The number of Topliss-reactive ketones (excluding diaryl/α,β-unsaturated/α-hetero) is 1. The lowest BCUT2D eigenvalue weighted by atomic mass is 9.94. The molecule has 2 aromatic carbocycles. The van der Waals surface area contributed by atoms with Crippen molar-refractivity contribution in [1.82, 2.24) is 0 Å². The van der Waals surface area contributed by atoms with Gasteiger partial charge in [0.25, 0.3) is 0 Å². The summed E-state index contributed by atoms with van der Waals surface area (Å²) < 4.78 is 2.55. The minimum atomic E-state index is 0.106. The molecule has 1 atom stereocenters. The SMILES string of the molecule is CCSCCCC(C)C(=O)c1ccc2sc3ccccc3c2c1. The van der Waals surface area contributed by atoms with E-state index in [4.69, 9.17) is 0 Å². The highest BCUT2D eigenvalue weighted by Crippen LogP contribution is 2.34. The van der Waals surface area contributed by atoms with Gasteiger partial charge in [0.1, 0.15) is 0 Å². The fraction of sp³-hybridized carbons (Fsp3) is 0.350. The number of rotatable bonds is 7. The van der Waals surface area contributed by atoms with Crippen molar-refractivity contribution in [3.05, 3.63) is 48.0 Å². The van der Waals surface area contributed by atoms with Crippen molar-refractivity contribution in [2.45, 2.75) is 26.7 Å². The molecule has 3 aromatic rings. The van der Waals surface area contributed by atoms with Crippen molar-refractivity contribution in [3.8, 4) is 0 Å². The van der Waals surface area contributed by atoms with Crippen LogP contribution in [0.3, 0.4) is 0 Å². The first kappa shape index (κ1) is 16.5. The quantitative estimate of drug-likeness (QED) is 0.365. The van der Waals surface area contributed by atoms with E-state index in [0.29, 0.717) is 0 Å². The Morgan fingerprint density at radius 1 is 1.13 bits per heavy atom. The van der Waals surface area contributed by atoms with Crippen LogP contribution in [-0.4, -0.2) is 17.3 Å². The highest BCUT2D eigenvalue weighted by atomic mass is 32.2. The summed E-state index contributed by atoms with van der Waals surface area (Å²) in [6.45, 7) is 4.24. The molecular weight excluding hydrogens is 320 g/mol. The lowest BCUT2D eigenvalue weighted by Crippen LogP contribution is -2.11. The van der Waals surface area contributed by atoms with Crippen LogP contribution < -0.4 is 0 Å². The van der Waals surface area contributed by atoms with Crippen LogP contribution in [0, 0.1) is 5.92 Å². The van der Waals surface area contributed by atoms with Crippen LogP contribution in [0.1, 0.15) is 37.0 Å². The zero-order valence-electron chi connectivity index (χ0n) is 13.7. The molecule has 0 aliphatic carbocycles. The molecule has 0 saturated carbocycles. The molecule has 0 spiro atoms. The average molecular weight is 343 g/mol. The fourth-order valence-electron chi connectivity index (χ4n) is 2.93. The van der Waals surface area contributed by atoms with Crippen molar-refractivity contribution >= 4 is 49.1 Å². The molecule has 3 heteroatoms. The molecule has 1 heterocycles. The Kier molecular flexibility index (Phi) is 5.39. The van der Waals surface area contributed by atoms with Gasteiger partial charge in [-0.15, -0.1) is 11.3 Å². The number of fused-ring (bicyclic) bond motifs is 3. The maximum atomic E-state index is 12.7. The van der Waals surface area contributed by atoms with Gasteiger partial charge in [0, 0.05) is 31.7 Å². The standard InChI is InChI=1S/C20H22OS2/c1-3-22-12-6-7-14(2)20(21)15-10-11-19-17(13-15)16-8-4-5-9-18(16)23-19/h4-5,8-11,13-14H,3,6-7,12H2,1-2H3. The van der Waals surface area contributed by atoms with E-state index in [9.17, 15) is 4.79 Å². The number of thiophene rings is 1. The Morgan fingerprint density at radius 3 is 2.74 bits per heavy atom. The third-order valence-electron chi connectivity index (χ3n) is 4.24. The minimum absolute atomic E-state index is 0.106. The summed E-state index contributed by atoms with van der Waals surface area (Å²) >= 11 is 3.75. The van der Waals surface area contributed by atoms with Crippen molar-refractivity contribution in [2.75, 3.05) is 11.5 Å². The van der Waals surface area contributed by atoms with Crippen LogP contribution in [0.25, 0.3) is 20.2 Å². The zero-order chi connectivity index (χ0) is 16.2. The van der Waals surface area contributed by atoms with Gasteiger partial charge < -0.3 is 0 Å². The van der Waals surface area contributed by atoms with Gasteiger partial charge in [0.05, 0.1) is 0 Å². The predicted octanol–water partition coefficient (Wildman–Crippen LogP) is 6.41. The van der Waals surface area contributed by atoms with Crippen LogP contribution >= 0.6 is 23.1 Å². The molecule has 1 unspecified atom stereocenters. The number of ketones is 1. The second kappa shape index (κ2) is 7.50. The smallest absolute Gasteiger partial charge is 0.165 e.